The van der Waals surface area contributed by atoms with Crippen LogP contribution in [-0.4, -0.2) is 5.75 Å². The summed E-state index contributed by atoms with van der Waals surface area (Å²) in [7, 11) is 0. The van der Waals surface area contributed by atoms with E-state index in [0.29, 0.717) is 0 Å². The van der Waals surface area contributed by atoms with Crippen molar-refractivity contribution < 1.29 is 0 Å². The van der Waals surface area contributed by atoms with Gasteiger partial charge in [-0.3, -0.25) is 0 Å². The van der Waals surface area contributed by atoms with Crippen LogP contribution in [0.25, 0.3) is 0 Å². The second kappa shape index (κ2) is 6.92. The molecule has 4 heteroatoms. The van der Waals surface area contributed by atoms with Crippen LogP contribution in [0.2, 0.25) is 0 Å². The molecule has 0 aliphatic rings. The van der Waals surface area contributed by atoms with Gasteiger partial charge >= 0.3 is 0 Å². The molecule has 0 bridgehead atoms. The highest BCUT2D eigenvalue weighted by molar-refractivity contribution is 14.5. The van der Waals surface area contributed by atoms with E-state index in [4.69, 9.17) is 0 Å². The van der Waals surface area contributed by atoms with Gasteiger partial charge in [0.25, 0.3) is 0 Å². The molecular formula is C7H15I3S. The van der Waals surface area contributed by atoms with Crippen molar-refractivity contribution in [1.29, 1.82) is 0 Å². The van der Waals surface area contributed by atoms with Crippen LogP contribution in [0.5, 0.6) is 0 Å². The highest BCUT2D eigenvalue weighted by Crippen LogP contribution is 2.71. The Bertz CT molecular complexity index is 96.3. The van der Waals surface area contributed by atoms with Gasteiger partial charge in [-0.15, -0.1) is 0 Å². The molecule has 0 nitrogen and oxygen atoms in total. The molecule has 0 aromatic rings. The van der Waals surface area contributed by atoms with Crippen molar-refractivity contribution in [2.24, 2.45) is 5.92 Å². The third-order valence-corrected chi connectivity index (χ3v) is 6.57. The lowest BCUT2D eigenvalue weighted by Crippen LogP contribution is -1.99. The fourth-order valence-corrected chi connectivity index (χ4v) is 3.89. The molecule has 0 aromatic carbocycles. The molecule has 70 valence electrons. The Kier molecular flexibility index (Phi) is 8.51. The van der Waals surface area contributed by atoms with Crippen molar-refractivity contribution in [3.05, 3.63) is 0 Å². The fraction of sp³-hybridized carbons (Fsp3) is 1.00. The van der Waals surface area contributed by atoms with E-state index in [1.807, 2.05) is 0 Å². The maximum Gasteiger partial charge on any atom is 0.00326 e. The Labute approximate surface area is 108 Å². The van der Waals surface area contributed by atoms with Gasteiger partial charge in [0, 0.05) is 5.75 Å². The third kappa shape index (κ3) is 8.86. The van der Waals surface area contributed by atoms with Gasteiger partial charge in [0.1, 0.15) is 0 Å². The van der Waals surface area contributed by atoms with Gasteiger partial charge < -0.3 is 0 Å². The largest absolute Gasteiger partial charge is 0.0781 e. The van der Waals surface area contributed by atoms with E-state index in [9.17, 15) is 0 Å². The first-order valence-corrected chi connectivity index (χ1v) is 13.3. The summed E-state index contributed by atoms with van der Waals surface area (Å²) >= 11 is 7.80. The molecule has 0 fully saturated rings. The summed E-state index contributed by atoms with van der Waals surface area (Å²) in [5, 5.41) is 0. The number of rotatable bonds is 5. The molecular weight excluding hydrogens is 497 g/mol. The molecule has 0 aliphatic heterocycles. The maximum absolute atomic E-state index is 2.60. The molecule has 0 amide bonds. The normalized spacial score (nSPS) is 14.0. The zero-order chi connectivity index (χ0) is 8.91. The van der Waals surface area contributed by atoms with Crippen LogP contribution in [0, 0.1) is 5.92 Å². The zero-order valence-corrected chi connectivity index (χ0v) is 14.2. The van der Waals surface area contributed by atoms with E-state index < -0.39 is 0 Å². The van der Waals surface area contributed by atoms with Crippen molar-refractivity contribution in [3.63, 3.8) is 0 Å². The van der Waals surface area contributed by atoms with Gasteiger partial charge in [-0.05, 0) is 76.0 Å². The monoisotopic (exact) mass is 512 g/mol. The maximum atomic E-state index is 2.60. The second-order valence-corrected chi connectivity index (χ2v) is 32.8. The molecule has 0 aliphatic carbocycles. The molecule has 0 atom stereocenters. The Morgan fingerprint density at radius 2 is 1.55 bits per heavy atom. The summed E-state index contributed by atoms with van der Waals surface area (Å²) in [4.78, 5) is 0. The fourth-order valence-electron chi connectivity index (χ4n) is 0.997. The van der Waals surface area contributed by atoms with Crippen LogP contribution in [0.3, 0.4) is 0 Å². The molecule has 0 spiro atoms. The van der Waals surface area contributed by atoms with Crippen LogP contribution in [-0.2, 0) is 0 Å². The molecule has 0 N–H and O–H groups in total. The molecule has 0 radical (unpaired) electrons. The minimum Gasteiger partial charge on any atom is -0.0781 e. The van der Waals surface area contributed by atoms with E-state index in [1.54, 1.807) is 0 Å². The first-order chi connectivity index (χ1) is 4.99. The summed E-state index contributed by atoms with van der Waals surface area (Å²) in [5.41, 5.74) is 0. The predicted octanol–water partition coefficient (Wildman–Crippen LogP) is 5.67. The summed E-state index contributed by atoms with van der Waals surface area (Å²) in [6.45, 7) is 4.61. The quantitative estimate of drug-likeness (QED) is 0.417. The average Bonchev–Trinajstić information content (AvgIpc) is 1.88. The first kappa shape index (κ1) is 13.5. The lowest BCUT2D eigenvalue weighted by Gasteiger charge is -2.20. The zero-order valence-electron chi connectivity index (χ0n) is 6.95. The topological polar surface area (TPSA) is 0 Å². The smallest absolute Gasteiger partial charge is 0.00326 e. The number of halogens is 3. The second-order valence-electron chi connectivity index (χ2n) is 2.68. The molecule has 0 aromatic heterocycles. The highest BCUT2D eigenvalue weighted by Gasteiger charge is 2.13. The standard InChI is InChI=1S/C7H15I3S/c1-3-7(4-2)5-6-11(8,9)10/h7H,3-6H2,1-2H3. The van der Waals surface area contributed by atoms with Crippen molar-refractivity contribution >= 4 is 65.2 Å². The third-order valence-electron chi connectivity index (χ3n) is 1.91. The van der Waals surface area contributed by atoms with E-state index in [2.05, 4.69) is 77.5 Å². The van der Waals surface area contributed by atoms with E-state index in [0.717, 1.165) is 5.92 Å². The van der Waals surface area contributed by atoms with Gasteiger partial charge in [0.2, 0.25) is 0 Å². The van der Waals surface area contributed by atoms with Crippen LogP contribution in [0.1, 0.15) is 33.1 Å². The van der Waals surface area contributed by atoms with E-state index >= 15 is 0 Å². The van der Waals surface area contributed by atoms with Crippen LogP contribution >= 0.6 is 65.2 Å². The average molecular weight is 512 g/mol. The van der Waals surface area contributed by atoms with Crippen molar-refractivity contribution in [1.82, 2.24) is 0 Å². The minimum atomic E-state index is -0.329. The van der Waals surface area contributed by atoms with Crippen LogP contribution < -0.4 is 0 Å². The highest BCUT2D eigenvalue weighted by atomic mass is 127. The predicted molar refractivity (Wildman–Crippen MR) is 83.2 cm³/mol. The first-order valence-electron chi connectivity index (χ1n) is 3.89. The molecule has 0 saturated carbocycles. The lowest BCUT2D eigenvalue weighted by atomic mass is 10.0. The Hall–Kier alpha value is 2.54. The Morgan fingerprint density at radius 3 is 1.82 bits per heavy atom. The van der Waals surface area contributed by atoms with E-state index in [-0.39, 0.29) is 1.54 Å². The van der Waals surface area contributed by atoms with Gasteiger partial charge in [-0.2, -0.15) is 0 Å². The SMILES string of the molecule is CCC(CC)CCS(I)(I)I. The molecule has 0 unspecified atom stereocenters. The molecule has 0 heterocycles. The minimum absolute atomic E-state index is 0.329. The van der Waals surface area contributed by atoms with Crippen LogP contribution in [0.15, 0.2) is 0 Å². The number of hydrogen-bond donors (Lipinski definition) is 0. The van der Waals surface area contributed by atoms with E-state index in [1.165, 1.54) is 25.0 Å². The Morgan fingerprint density at radius 1 is 1.09 bits per heavy atom. The summed E-state index contributed by atoms with van der Waals surface area (Å²) in [6.07, 6.45) is 4.14. The van der Waals surface area contributed by atoms with Crippen molar-refractivity contribution in [2.75, 3.05) is 5.75 Å². The van der Waals surface area contributed by atoms with Crippen molar-refractivity contribution in [2.45, 2.75) is 33.1 Å². The van der Waals surface area contributed by atoms with Gasteiger partial charge in [-0.25, -0.2) is 0 Å². The molecule has 0 rings (SSSR count). The van der Waals surface area contributed by atoms with Gasteiger partial charge in [0.05, 0.1) is 0 Å². The van der Waals surface area contributed by atoms with Crippen molar-refractivity contribution in [3.8, 4) is 0 Å². The Balaban J connectivity index is 3.51. The van der Waals surface area contributed by atoms with Gasteiger partial charge in [0.15, 0.2) is 0 Å². The summed E-state index contributed by atoms with van der Waals surface area (Å²) in [6, 6.07) is 0. The van der Waals surface area contributed by atoms with Crippen LogP contribution in [0.4, 0.5) is 0 Å². The lowest BCUT2D eigenvalue weighted by molar-refractivity contribution is 0.481. The number of hydrogen-bond acceptors (Lipinski definition) is 0. The van der Waals surface area contributed by atoms with Gasteiger partial charge in [-0.1, -0.05) is 28.2 Å². The molecule has 0 saturated heterocycles. The molecule has 11 heavy (non-hydrogen) atoms. The summed E-state index contributed by atoms with van der Waals surface area (Å²) in [5.74, 6) is 2.39. The summed E-state index contributed by atoms with van der Waals surface area (Å²) < 4.78 is -0.329.